The maximum atomic E-state index is 12.5. The second-order valence-electron chi connectivity index (χ2n) is 8.59. The van der Waals surface area contributed by atoms with Crippen molar-refractivity contribution in [3.8, 4) is 11.1 Å². The summed E-state index contributed by atoms with van der Waals surface area (Å²) in [4.78, 5) is 19.3. The number of aromatic nitrogens is 3. The van der Waals surface area contributed by atoms with E-state index in [4.69, 9.17) is 0 Å². The highest BCUT2D eigenvalue weighted by Gasteiger charge is 2.38. The SMILES string of the molecule is CC(=O)c1cnc2ccc(-c3cn[nH]c3)cc2c1NC1(C)CCCCC1N(C)C. The fraction of sp³-hybridized carbons (Fsp3) is 0.435. The van der Waals surface area contributed by atoms with Crippen molar-refractivity contribution in [2.24, 2.45) is 0 Å². The van der Waals surface area contributed by atoms with E-state index in [2.05, 4.69) is 52.5 Å². The van der Waals surface area contributed by atoms with Gasteiger partial charge in [0.2, 0.25) is 0 Å². The molecule has 1 saturated carbocycles. The van der Waals surface area contributed by atoms with Crippen LogP contribution in [-0.2, 0) is 0 Å². The molecule has 2 aromatic heterocycles. The van der Waals surface area contributed by atoms with Crippen LogP contribution in [0, 0.1) is 0 Å². The van der Waals surface area contributed by atoms with Crippen LogP contribution in [0.3, 0.4) is 0 Å². The molecule has 2 heterocycles. The van der Waals surface area contributed by atoms with E-state index in [1.807, 2.05) is 18.3 Å². The van der Waals surface area contributed by atoms with Gasteiger partial charge in [-0.25, -0.2) is 0 Å². The minimum Gasteiger partial charge on any atom is -0.377 e. The van der Waals surface area contributed by atoms with Gasteiger partial charge in [0, 0.05) is 29.4 Å². The lowest BCUT2D eigenvalue weighted by atomic mass is 9.77. The van der Waals surface area contributed by atoms with Crippen LogP contribution in [0.2, 0.25) is 0 Å². The second-order valence-corrected chi connectivity index (χ2v) is 8.59. The lowest BCUT2D eigenvalue weighted by molar-refractivity contribution is 0.101. The van der Waals surface area contributed by atoms with E-state index < -0.39 is 0 Å². The monoisotopic (exact) mass is 391 g/mol. The second kappa shape index (κ2) is 7.59. The zero-order valence-corrected chi connectivity index (χ0v) is 17.6. The van der Waals surface area contributed by atoms with Gasteiger partial charge in [0.25, 0.3) is 0 Å². The Balaban J connectivity index is 1.87. The summed E-state index contributed by atoms with van der Waals surface area (Å²) in [6.07, 6.45) is 10.0. The normalized spacial score (nSPS) is 22.2. The van der Waals surface area contributed by atoms with Gasteiger partial charge < -0.3 is 10.2 Å². The average molecular weight is 392 g/mol. The van der Waals surface area contributed by atoms with E-state index in [0.717, 1.165) is 40.6 Å². The fourth-order valence-electron chi connectivity index (χ4n) is 4.76. The van der Waals surface area contributed by atoms with Crippen LogP contribution < -0.4 is 5.32 Å². The Morgan fingerprint density at radius 3 is 2.76 bits per heavy atom. The molecular formula is C23H29N5O. The minimum absolute atomic E-state index is 0.0245. The van der Waals surface area contributed by atoms with Gasteiger partial charge in [0.15, 0.2) is 5.78 Å². The summed E-state index contributed by atoms with van der Waals surface area (Å²) in [6.45, 7) is 3.90. The van der Waals surface area contributed by atoms with E-state index >= 15 is 0 Å². The first-order chi connectivity index (χ1) is 13.9. The number of benzene rings is 1. The number of Topliss-reactive ketones (excluding diaryl/α,β-unsaturated/α-hetero) is 1. The van der Waals surface area contributed by atoms with Crippen molar-refractivity contribution in [1.82, 2.24) is 20.1 Å². The molecule has 0 spiro atoms. The molecule has 2 N–H and O–H groups in total. The zero-order valence-electron chi connectivity index (χ0n) is 17.6. The zero-order chi connectivity index (χ0) is 20.6. The van der Waals surface area contributed by atoms with E-state index in [0.29, 0.717) is 11.6 Å². The number of ketones is 1. The summed E-state index contributed by atoms with van der Waals surface area (Å²) < 4.78 is 0. The smallest absolute Gasteiger partial charge is 0.163 e. The summed E-state index contributed by atoms with van der Waals surface area (Å²) in [5, 5.41) is 11.7. The Morgan fingerprint density at radius 2 is 2.07 bits per heavy atom. The van der Waals surface area contributed by atoms with Crippen LogP contribution in [0.4, 0.5) is 5.69 Å². The third-order valence-electron chi connectivity index (χ3n) is 6.27. The number of rotatable bonds is 5. The molecule has 29 heavy (non-hydrogen) atoms. The first-order valence-corrected chi connectivity index (χ1v) is 10.3. The van der Waals surface area contributed by atoms with Crippen molar-refractivity contribution < 1.29 is 4.79 Å². The van der Waals surface area contributed by atoms with Gasteiger partial charge in [-0.3, -0.25) is 14.9 Å². The molecule has 0 saturated heterocycles. The van der Waals surface area contributed by atoms with E-state index in [-0.39, 0.29) is 11.3 Å². The van der Waals surface area contributed by atoms with Crippen molar-refractivity contribution in [2.75, 3.05) is 19.4 Å². The summed E-state index contributed by atoms with van der Waals surface area (Å²) in [5.41, 5.74) is 4.36. The van der Waals surface area contributed by atoms with Crippen LogP contribution in [0.1, 0.15) is 49.9 Å². The maximum absolute atomic E-state index is 12.5. The van der Waals surface area contributed by atoms with Gasteiger partial charge in [0.1, 0.15) is 0 Å². The number of nitrogens with one attached hydrogen (secondary N) is 2. The third kappa shape index (κ3) is 3.65. The first-order valence-electron chi connectivity index (χ1n) is 10.3. The lowest BCUT2D eigenvalue weighted by Gasteiger charge is -2.46. The minimum atomic E-state index is -0.119. The Labute approximate surface area is 171 Å². The number of hydrogen-bond donors (Lipinski definition) is 2. The number of fused-ring (bicyclic) bond motifs is 1. The Kier molecular flexibility index (Phi) is 5.13. The Hall–Kier alpha value is -2.73. The van der Waals surface area contributed by atoms with Gasteiger partial charge >= 0.3 is 0 Å². The summed E-state index contributed by atoms with van der Waals surface area (Å²) in [7, 11) is 4.28. The maximum Gasteiger partial charge on any atom is 0.163 e. The number of carbonyl (C=O) groups excluding carboxylic acids is 1. The number of hydrogen-bond acceptors (Lipinski definition) is 5. The molecule has 6 heteroatoms. The molecular weight excluding hydrogens is 362 g/mol. The predicted molar refractivity (Wildman–Crippen MR) is 117 cm³/mol. The molecule has 4 rings (SSSR count). The van der Waals surface area contributed by atoms with Crippen molar-refractivity contribution in [1.29, 1.82) is 0 Å². The fourth-order valence-corrected chi connectivity index (χ4v) is 4.76. The molecule has 0 aliphatic heterocycles. The van der Waals surface area contributed by atoms with Gasteiger partial charge in [0.05, 0.1) is 28.5 Å². The highest BCUT2D eigenvalue weighted by molar-refractivity contribution is 6.08. The number of carbonyl (C=O) groups is 1. The van der Waals surface area contributed by atoms with Crippen LogP contribution >= 0.6 is 0 Å². The third-order valence-corrected chi connectivity index (χ3v) is 6.27. The first kappa shape index (κ1) is 19.6. The number of likely N-dealkylation sites (N-methyl/N-ethyl adjacent to an activating group) is 1. The van der Waals surface area contributed by atoms with E-state index in [1.54, 1.807) is 19.3 Å². The quantitative estimate of drug-likeness (QED) is 0.626. The van der Waals surface area contributed by atoms with Gasteiger partial charge in [-0.1, -0.05) is 18.9 Å². The van der Waals surface area contributed by atoms with Crippen molar-refractivity contribution in [3.05, 3.63) is 42.4 Å². The van der Waals surface area contributed by atoms with Gasteiger partial charge in [-0.2, -0.15) is 5.10 Å². The van der Waals surface area contributed by atoms with E-state index in [1.165, 1.54) is 12.8 Å². The van der Waals surface area contributed by atoms with Crippen molar-refractivity contribution >= 4 is 22.4 Å². The highest BCUT2D eigenvalue weighted by atomic mass is 16.1. The Bertz CT molecular complexity index is 1030. The van der Waals surface area contributed by atoms with Crippen LogP contribution in [0.15, 0.2) is 36.8 Å². The number of pyridine rings is 1. The average Bonchev–Trinajstić information content (AvgIpc) is 3.22. The molecule has 2 atom stereocenters. The standard InChI is InChI=1S/C23H29N5O/c1-15(29)19-14-24-20-9-8-16(17-12-25-26-13-17)11-18(20)22(19)27-23(2)10-6-5-7-21(23)28(3)4/h8-9,11-14,21H,5-7,10H2,1-4H3,(H,24,27)(H,25,26). The Morgan fingerprint density at radius 1 is 1.24 bits per heavy atom. The van der Waals surface area contributed by atoms with E-state index in [9.17, 15) is 4.79 Å². The largest absolute Gasteiger partial charge is 0.377 e. The highest BCUT2D eigenvalue weighted by Crippen LogP contribution is 2.38. The molecule has 0 bridgehead atoms. The molecule has 2 unspecified atom stereocenters. The van der Waals surface area contributed by atoms with Crippen LogP contribution in [0.5, 0.6) is 0 Å². The number of H-pyrrole nitrogens is 1. The predicted octanol–water partition coefficient (Wildman–Crippen LogP) is 4.50. The number of anilines is 1. The number of nitrogens with zero attached hydrogens (tertiary/aromatic N) is 3. The summed E-state index contributed by atoms with van der Waals surface area (Å²) >= 11 is 0. The lowest BCUT2D eigenvalue weighted by Crippen LogP contribution is -2.55. The number of aromatic amines is 1. The van der Waals surface area contributed by atoms with Crippen molar-refractivity contribution in [3.63, 3.8) is 0 Å². The van der Waals surface area contributed by atoms with Gasteiger partial charge in [-0.15, -0.1) is 0 Å². The molecule has 0 radical (unpaired) electrons. The molecule has 1 fully saturated rings. The molecule has 1 aromatic carbocycles. The molecule has 1 aliphatic carbocycles. The van der Waals surface area contributed by atoms with Gasteiger partial charge in [-0.05, 0) is 58.5 Å². The molecule has 152 valence electrons. The molecule has 0 amide bonds. The van der Waals surface area contributed by atoms with Crippen LogP contribution in [0.25, 0.3) is 22.0 Å². The molecule has 6 nitrogen and oxygen atoms in total. The topological polar surface area (TPSA) is 73.9 Å². The summed E-state index contributed by atoms with van der Waals surface area (Å²) in [5.74, 6) is 0.0245. The van der Waals surface area contributed by atoms with Crippen molar-refractivity contribution in [2.45, 2.75) is 51.1 Å². The summed E-state index contributed by atoms with van der Waals surface area (Å²) in [6, 6.07) is 6.57. The van der Waals surface area contributed by atoms with Crippen LogP contribution in [-0.4, -0.2) is 51.5 Å². The molecule has 3 aromatic rings. The molecule has 1 aliphatic rings.